The van der Waals surface area contributed by atoms with Crippen molar-refractivity contribution in [1.82, 2.24) is 5.32 Å². The van der Waals surface area contributed by atoms with Gasteiger partial charge in [-0.2, -0.15) is 0 Å². The van der Waals surface area contributed by atoms with Crippen LogP contribution in [0.15, 0.2) is 48.5 Å². The number of aryl methyl sites for hydroxylation is 1. The maximum Gasteiger partial charge on any atom is 0.257 e. The summed E-state index contributed by atoms with van der Waals surface area (Å²) in [4.78, 5) is 12.0. The highest BCUT2D eigenvalue weighted by Crippen LogP contribution is 2.20. The zero-order valence-corrected chi connectivity index (χ0v) is 12.4. The number of thiocarbonyl (C=S) groups is 1. The second-order valence-corrected chi connectivity index (χ2v) is 5.07. The van der Waals surface area contributed by atoms with Gasteiger partial charge in [0, 0.05) is 5.56 Å². The second-order valence-electron chi connectivity index (χ2n) is 4.25. The molecule has 0 heterocycles. The lowest BCUT2D eigenvalue weighted by atomic mass is 10.1. The van der Waals surface area contributed by atoms with Crippen molar-refractivity contribution < 1.29 is 4.79 Å². The van der Waals surface area contributed by atoms with E-state index < -0.39 is 0 Å². The van der Waals surface area contributed by atoms with Crippen molar-refractivity contribution in [3.05, 3.63) is 64.7 Å². The zero-order valence-electron chi connectivity index (χ0n) is 10.8. The summed E-state index contributed by atoms with van der Waals surface area (Å²) in [6.45, 7) is 1.96. The molecule has 0 aliphatic heterocycles. The normalized spacial score (nSPS) is 9.90. The van der Waals surface area contributed by atoms with E-state index in [1.54, 1.807) is 24.3 Å². The molecule has 2 aromatic carbocycles. The molecule has 0 saturated carbocycles. The van der Waals surface area contributed by atoms with E-state index in [-0.39, 0.29) is 11.0 Å². The van der Waals surface area contributed by atoms with Crippen LogP contribution in [0.4, 0.5) is 5.69 Å². The van der Waals surface area contributed by atoms with Crippen molar-refractivity contribution in [1.29, 1.82) is 0 Å². The third kappa shape index (κ3) is 3.79. The van der Waals surface area contributed by atoms with Gasteiger partial charge in [0.2, 0.25) is 0 Å². The Labute approximate surface area is 128 Å². The van der Waals surface area contributed by atoms with E-state index in [9.17, 15) is 4.79 Å². The molecule has 1 amide bonds. The number of para-hydroxylation sites is 1. The first-order valence-electron chi connectivity index (χ1n) is 6.00. The summed E-state index contributed by atoms with van der Waals surface area (Å²) in [5, 5.41) is 6.26. The number of rotatable bonds is 2. The third-order valence-electron chi connectivity index (χ3n) is 2.66. The van der Waals surface area contributed by atoms with Gasteiger partial charge >= 0.3 is 0 Å². The minimum atomic E-state index is -0.255. The van der Waals surface area contributed by atoms with Crippen molar-refractivity contribution in [3.8, 4) is 0 Å². The molecule has 2 aromatic rings. The lowest BCUT2D eigenvalue weighted by molar-refractivity contribution is 0.0978. The molecule has 0 bridgehead atoms. The first-order chi connectivity index (χ1) is 9.56. The molecule has 102 valence electrons. The average molecular weight is 305 g/mol. The molecule has 0 radical (unpaired) electrons. The Balaban J connectivity index is 2.00. The van der Waals surface area contributed by atoms with Crippen molar-refractivity contribution in [2.45, 2.75) is 6.92 Å². The average Bonchev–Trinajstić information content (AvgIpc) is 2.42. The number of amides is 1. The van der Waals surface area contributed by atoms with Crippen LogP contribution in [-0.4, -0.2) is 11.0 Å². The van der Waals surface area contributed by atoms with Gasteiger partial charge < -0.3 is 5.32 Å². The molecule has 2 N–H and O–H groups in total. The van der Waals surface area contributed by atoms with E-state index >= 15 is 0 Å². The monoisotopic (exact) mass is 304 g/mol. The summed E-state index contributed by atoms with van der Waals surface area (Å²) < 4.78 is 0. The molecule has 0 aliphatic rings. The Bertz CT molecular complexity index is 641. The van der Waals surface area contributed by atoms with Gasteiger partial charge in [0.1, 0.15) is 0 Å². The summed E-state index contributed by atoms with van der Waals surface area (Å²) in [5.41, 5.74) is 2.31. The SMILES string of the molecule is Cc1ccc(C(=O)NC(=S)Nc2ccccc2Cl)cc1. The van der Waals surface area contributed by atoms with Crippen LogP contribution in [0.2, 0.25) is 5.02 Å². The Morgan fingerprint density at radius 1 is 1.10 bits per heavy atom. The first-order valence-corrected chi connectivity index (χ1v) is 6.78. The smallest absolute Gasteiger partial charge is 0.257 e. The standard InChI is InChI=1S/C15H13ClN2OS/c1-10-6-8-11(9-7-10)14(19)18-15(20)17-13-5-3-2-4-12(13)16/h2-9H,1H3,(H2,17,18,19,20). The van der Waals surface area contributed by atoms with Crippen LogP contribution in [0, 0.1) is 6.92 Å². The van der Waals surface area contributed by atoms with Crippen molar-refractivity contribution in [3.63, 3.8) is 0 Å². The highest BCUT2D eigenvalue weighted by molar-refractivity contribution is 7.80. The lowest BCUT2D eigenvalue weighted by Gasteiger charge is -2.10. The molecule has 0 spiro atoms. The molecule has 0 atom stereocenters. The summed E-state index contributed by atoms with van der Waals surface area (Å²) >= 11 is 11.1. The fraction of sp³-hybridized carbons (Fsp3) is 0.0667. The van der Waals surface area contributed by atoms with E-state index in [2.05, 4.69) is 10.6 Å². The molecule has 20 heavy (non-hydrogen) atoms. The maximum absolute atomic E-state index is 12.0. The van der Waals surface area contributed by atoms with Gasteiger partial charge in [-0.15, -0.1) is 0 Å². The van der Waals surface area contributed by atoms with Gasteiger partial charge in [0.15, 0.2) is 5.11 Å². The molecule has 2 rings (SSSR count). The number of hydrogen-bond acceptors (Lipinski definition) is 2. The predicted octanol–water partition coefficient (Wildman–Crippen LogP) is 3.78. The fourth-order valence-electron chi connectivity index (χ4n) is 1.60. The molecular weight excluding hydrogens is 292 g/mol. The van der Waals surface area contributed by atoms with Crippen molar-refractivity contribution in [2.24, 2.45) is 0 Å². The van der Waals surface area contributed by atoms with Crippen LogP contribution in [0.25, 0.3) is 0 Å². The molecule has 0 saturated heterocycles. The first kappa shape index (κ1) is 14.5. The van der Waals surface area contributed by atoms with Gasteiger partial charge in [-0.3, -0.25) is 10.1 Å². The predicted molar refractivity (Wildman–Crippen MR) is 86.3 cm³/mol. The molecule has 5 heteroatoms. The minimum Gasteiger partial charge on any atom is -0.331 e. The summed E-state index contributed by atoms with van der Waals surface area (Å²) in [7, 11) is 0. The molecular formula is C15H13ClN2OS. The van der Waals surface area contributed by atoms with E-state index in [0.29, 0.717) is 16.3 Å². The highest BCUT2D eigenvalue weighted by Gasteiger charge is 2.08. The Morgan fingerprint density at radius 3 is 2.40 bits per heavy atom. The van der Waals surface area contributed by atoms with Crippen LogP contribution in [-0.2, 0) is 0 Å². The number of carbonyl (C=O) groups is 1. The van der Waals surface area contributed by atoms with E-state index in [0.717, 1.165) is 5.56 Å². The number of carbonyl (C=O) groups excluding carboxylic acids is 1. The summed E-state index contributed by atoms with van der Waals surface area (Å²) in [6.07, 6.45) is 0. The Hall–Kier alpha value is -1.91. The largest absolute Gasteiger partial charge is 0.331 e. The van der Waals surface area contributed by atoms with Gasteiger partial charge in [-0.25, -0.2) is 0 Å². The van der Waals surface area contributed by atoms with Gasteiger partial charge in [0.05, 0.1) is 10.7 Å². The number of hydrogen-bond donors (Lipinski definition) is 2. The van der Waals surface area contributed by atoms with Crippen molar-refractivity contribution >= 4 is 40.5 Å². The minimum absolute atomic E-state index is 0.212. The quantitative estimate of drug-likeness (QED) is 0.830. The molecule has 3 nitrogen and oxygen atoms in total. The van der Waals surface area contributed by atoms with Crippen LogP contribution in [0.3, 0.4) is 0 Å². The van der Waals surface area contributed by atoms with Gasteiger partial charge in [-0.05, 0) is 43.4 Å². The number of nitrogens with one attached hydrogen (secondary N) is 2. The Kier molecular flexibility index (Phi) is 4.71. The number of anilines is 1. The third-order valence-corrected chi connectivity index (χ3v) is 3.20. The van der Waals surface area contributed by atoms with Crippen LogP contribution in [0.1, 0.15) is 15.9 Å². The molecule has 0 aliphatic carbocycles. The van der Waals surface area contributed by atoms with Crippen molar-refractivity contribution in [2.75, 3.05) is 5.32 Å². The fourth-order valence-corrected chi connectivity index (χ4v) is 1.98. The highest BCUT2D eigenvalue weighted by atomic mass is 35.5. The molecule has 0 aromatic heterocycles. The zero-order chi connectivity index (χ0) is 14.5. The lowest BCUT2D eigenvalue weighted by Crippen LogP contribution is -2.34. The second kappa shape index (κ2) is 6.50. The molecule has 0 fully saturated rings. The molecule has 0 unspecified atom stereocenters. The Morgan fingerprint density at radius 2 is 1.75 bits per heavy atom. The van der Waals surface area contributed by atoms with Crippen LogP contribution < -0.4 is 10.6 Å². The van der Waals surface area contributed by atoms with E-state index in [1.165, 1.54) is 0 Å². The maximum atomic E-state index is 12.0. The number of halogens is 1. The van der Waals surface area contributed by atoms with Crippen LogP contribution >= 0.6 is 23.8 Å². The van der Waals surface area contributed by atoms with Crippen LogP contribution in [0.5, 0.6) is 0 Å². The van der Waals surface area contributed by atoms with E-state index in [1.807, 2.05) is 31.2 Å². The summed E-state index contributed by atoms with van der Waals surface area (Å²) in [6, 6.07) is 14.4. The van der Waals surface area contributed by atoms with Gasteiger partial charge in [0.25, 0.3) is 5.91 Å². The number of benzene rings is 2. The summed E-state index contributed by atoms with van der Waals surface area (Å²) in [5.74, 6) is -0.255. The topological polar surface area (TPSA) is 41.1 Å². The van der Waals surface area contributed by atoms with E-state index in [4.69, 9.17) is 23.8 Å². The van der Waals surface area contributed by atoms with Gasteiger partial charge in [-0.1, -0.05) is 41.4 Å².